The lowest BCUT2D eigenvalue weighted by Gasteiger charge is -2.10. The number of rotatable bonds is 5. The Morgan fingerprint density at radius 1 is 1.00 bits per heavy atom. The van der Waals surface area contributed by atoms with E-state index in [0.717, 1.165) is 16.7 Å². The van der Waals surface area contributed by atoms with E-state index in [0.29, 0.717) is 39.5 Å². The Kier molecular flexibility index (Phi) is 5.93. The molecule has 0 spiro atoms. The summed E-state index contributed by atoms with van der Waals surface area (Å²) in [6, 6.07) is 23.9. The summed E-state index contributed by atoms with van der Waals surface area (Å²) < 4.78 is 25.4. The topological polar surface area (TPSA) is 79.4 Å². The van der Waals surface area contributed by atoms with Crippen molar-refractivity contribution in [3.63, 3.8) is 0 Å². The van der Waals surface area contributed by atoms with E-state index in [2.05, 4.69) is 11.1 Å². The highest BCUT2D eigenvalue weighted by Gasteiger charge is 2.15. The van der Waals surface area contributed by atoms with E-state index in [1.165, 1.54) is 17.0 Å². The summed E-state index contributed by atoms with van der Waals surface area (Å²) in [6.45, 7) is 0. The van der Waals surface area contributed by atoms with E-state index in [9.17, 15) is 14.4 Å². The van der Waals surface area contributed by atoms with Gasteiger partial charge in [-0.1, -0.05) is 24.3 Å². The number of pyridine rings is 1. The van der Waals surface area contributed by atoms with Gasteiger partial charge in [-0.3, -0.25) is 9.78 Å². The number of carbonyl (C=O) groups excluding carboxylic acids is 1. The fourth-order valence-corrected chi connectivity index (χ4v) is 3.87. The van der Waals surface area contributed by atoms with Crippen molar-refractivity contribution in [3.8, 4) is 40.0 Å². The summed E-state index contributed by atoms with van der Waals surface area (Å²) in [7, 11) is 3.42. The van der Waals surface area contributed by atoms with Crippen LogP contribution < -0.4 is 4.74 Å². The van der Waals surface area contributed by atoms with Crippen molar-refractivity contribution in [2.24, 2.45) is 0 Å². The average Bonchev–Trinajstić information content (AvgIpc) is 3.33. The molecule has 2 aromatic heterocycles. The van der Waals surface area contributed by atoms with Crippen LogP contribution in [-0.2, 0) is 0 Å². The Balaban J connectivity index is 1.49. The van der Waals surface area contributed by atoms with E-state index < -0.39 is 5.82 Å². The average molecular weight is 477 g/mol. The van der Waals surface area contributed by atoms with Crippen LogP contribution in [0.4, 0.5) is 4.39 Å². The number of aromatic nitrogens is 1. The largest absolute Gasteiger partial charge is 0.456 e. The van der Waals surface area contributed by atoms with E-state index in [4.69, 9.17) is 9.15 Å². The fraction of sp³-hybridized carbons (Fsp3) is 0.0690. The summed E-state index contributed by atoms with van der Waals surface area (Å²) >= 11 is 0. The molecule has 0 saturated carbocycles. The van der Waals surface area contributed by atoms with Crippen LogP contribution in [-0.4, -0.2) is 29.9 Å². The smallest absolute Gasteiger partial charge is 0.253 e. The first-order valence-corrected chi connectivity index (χ1v) is 11.1. The normalized spacial score (nSPS) is 10.7. The molecule has 0 atom stereocenters. The van der Waals surface area contributed by atoms with Gasteiger partial charge >= 0.3 is 0 Å². The third-order valence-corrected chi connectivity index (χ3v) is 5.67. The third-order valence-electron chi connectivity index (χ3n) is 5.67. The zero-order valence-electron chi connectivity index (χ0n) is 19.5. The standard InChI is InChI=1S/C29H20FN3O3/c1-33(2)29(34)19-8-6-18(7-9-19)27-16-25-28(36-27)24(12-13-32-25)20-10-11-26(21(14-20)17-31)35-23-5-3-4-22(30)15-23/h3-16H,1-2H3. The number of nitrogens with zero attached hydrogens (tertiary/aromatic N) is 3. The highest BCUT2D eigenvalue weighted by atomic mass is 19.1. The van der Waals surface area contributed by atoms with E-state index >= 15 is 0 Å². The molecular formula is C29H20FN3O3. The van der Waals surface area contributed by atoms with Crippen molar-refractivity contribution in [1.82, 2.24) is 9.88 Å². The molecule has 0 N–H and O–H groups in total. The number of furan rings is 1. The number of fused-ring (bicyclic) bond motifs is 1. The van der Waals surface area contributed by atoms with E-state index in [1.54, 1.807) is 56.7 Å². The first kappa shape index (κ1) is 22.8. The number of benzene rings is 3. The Labute approximate surface area is 206 Å². The number of hydrogen-bond donors (Lipinski definition) is 0. The van der Waals surface area contributed by atoms with Gasteiger partial charge in [-0.2, -0.15) is 5.26 Å². The molecule has 3 aromatic carbocycles. The van der Waals surface area contributed by atoms with E-state index in [1.807, 2.05) is 30.3 Å². The lowest BCUT2D eigenvalue weighted by atomic mass is 10.0. The maximum absolute atomic E-state index is 13.5. The highest BCUT2D eigenvalue weighted by molar-refractivity contribution is 5.95. The number of carbonyl (C=O) groups is 1. The molecule has 0 saturated heterocycles. The van der Waals surface area contributed by atoms with Gasteiger partial charge in [0.1, 0.15) is 34.7 Å². The molecule has 5 aromatic rings. The molecular weight excluding hydrogens is 457 g/mol. The lowest BCUT2D eigenvalue weighted by Crippen LogP contribution is -2.21. The van der Waals surface area contributed by atoms with Crippen molar-refractivity contribution in [2.75, 3.05) is 14.1 Å². The molecule has 0 aliphatic rings. The number of ether oxygens (including phenoxy) is 1. The summed E-state index contributed by atoms with van der Waals surface area (Å²) in [5.41, 5.74) is 4.44. The van der Waals surface area contributed by atoms with Crippen molar-refractivity contribution >= 4 is 17.0 Å². The molecule has 36 heavy (non-hydrogen) atoms. The maximum atomic E-state index is 13.5. The highest BCUT2D eigenvalue weighted by Crippen LogP contribution is 2.36. The number of hydrogen-bond acceptors (Lipinski definition) is 5. The summed E-state index contributed by atoms with van der Waals surface area (Å²) in [5, 5.41) is 9.72. The van der Waals surface area contributed by atoms with Crippen LogP contribution >= 0.6 is 0 Å². The monoisotopic (exact) mass is 477 g/mol. The first-order valence-electron chi connectivity index (χ1n) is 11.1. The van der Waals surface area contributed by atoms with Gasteiger partial charge in [-0.15, -0.1) is 0 Å². The molecule has 0 fully saturated rings. The quantitative estimate of drug-likeness (QED) is 0.283. The zero-order valence-corrected chi connectivity index (χ0v) is 19.5. The SMILES string of the molecule is CN(C)C(=O)c1ccc(-c2cc3nccc(-c4ccc(Oc5cccc(F)c5)c(C#N)c4)c3o2)cc1. The van der Waals surface area contributed by atoms with Crippen LogP contribution in [0.1, 0.15) is 15.9 Å². The molecule has 0 aliphatic heterocycles. The minimum Gasteiger partial charge on any atom is -0.456 e. The van der Waals surface area contributed by atoms with Crippen LogP contribution in [0.2, 0.25) is 0 Å². The van der Waals surface area contributed by atoms with Crippen molar-refractivity contribution in [1.29, 1.82) is 5.26 Å². The van der Waals surface area contributed by atoms with Crippen LogP contribution in [0.3, 0.4) is 0 Å². The van der Waals surface area contributed by atoms with Crippen molar-refractivity contribution < 1.29 is 18.3 Å². The second kappa shape index (κ2) is 9.35. The Bertz CT molecular complexity index is 1630. The molecule has 0 bridgehead atoms. The van der Waals surface area contributed by atoms with Crippen LogP contribution in [0.25, 0.3) is 33.6 Å². The second-order valence-corrected chi connectivity index (χ2v) is 8.34. The van der Waals surface area contributed by atoms with Gasteiger partial charge in [0, 0.05) is 49.1 Å². The Hall–Kier alpha value is -4.96. The predicted molar refractivity (Wildman–Crippen MR) is 134 cm³/mol. The van der Waals surface area contributed by atoms with Crippen LogP contribution in [0, 0.1) is 17.1 Å². The van der Waals surface area contributed by atoms with Crippen molar-refractivity contribution in [2.45, 2.75) is 0 Å². The molecule has 6 nitrogen and oxygen atoms in total. The molecule has 7 heteroatoms. The van der Waals surface area contributed by atoms with Gasteiger partial charge in [-0.05, 0) is 48.0 Å². The van der Waals surface area contributed by atoms with Crippen LogP contribution in [0.15, 0.2) is 89.5 Å². The molecule has 2 heterocycles. The molecule has 5 rings (SSSR count). The van der Waals surface area contributed by atoms with Gasteiger partial charge in [0.15, 0.2) is 5.58 Å². The molecule has 0 aliphatic carbocycles. The lowest BCUT2D eigenvalue weighted by molar-refractivity contribution is 0.0827. The summed E-state index contributed by atoms with van der Waals surface area (Å²) in [6.07, 6.45) is 1.68. The number of amides is 1. The summed E-state index contributed by atoms with van der Waals surface area (Å²) in [4.78, 5) is 18.1. The van der Waals surface area contributed by atoms with Gasteiger partial charge in [0.05, 0.1) is 5.56 Å². The minimum absolute atomic E-state index is 0.0757. The number of nitriles is 1. The zero-order chi connectivity index (χ0) is 25.2. The van der Waals surface area contributed by atoms with Gasteiger partial charge in [-0.25, -0.2) is 4.39 Å². The molecule has 176 valence electrons. The molecule has 0 unspecified atom stereocenters. The molecule has 1 amide bonds. The Morgan fingerprint density at radius 2 is 1.78 bits per heavy atom. The van der Waals surface area contributed by atoms with Gasteiger partial charge < -0.3 is 14.1 Å². The fourth-order valence-electron chi connectivity index (χ4n) is 3.87. The first-order chi connectivity index (χ1) is 17.4. The Morgan fingerprint density at radius 3 is 2.50 bits per heavy atom. The molecule has 0 radical (unpaired) electrons. The predicted octanol–water partition coefficient (Wildman–Crippen LogP) is 6.67. The second-order valence-electron chi connectivity index (χ2n) is 8.34. The van der Waals surface area contributed by atoms with Crippen molar-refractivity contribution in [3.05, 3.63) is 102 Å². The van der Waals surface area contributed by atoms with Gasteiger partial charge in [0.2, 0.25) is 0 Å². The van der Waals surface area contributed by atoms with E-state index in [-0.39, 0.29) is 5.91 Å². The maximum Gasteiger partial charge on any atom is 0.253 e. The van der Waals surface area contributed by atoms with Crippen LogP contribution in [0.5, 0.6) is 11.5 Å². The number of halogens is 1. The summed E-state index contributed by atoms with van der Waals surface area (Å²) in [5.74, 6) is 0.743. The van der Waals surface area contributed by atoms with Gasteiger partial charge in [0.25, 0.3) is 5.91 Å². The third kappa shape index (κ3) is 4.40. The minimum atomic E-state index is -0.422.